The van der Waals surface area contributed by atoms with Gasteiger partial charge in [0.1, 0.15) is 12.3 Å². The van der Waals surface area contributed by atoms with Gasteiger partial charge in [0.2, 0.25) is 0 Å². The van der Waals surface area contributed by atoms with Gasteiger partial charge in [-0.3, -0.25) is 4.79 Å². The van der Waals surface area contributed by atoms with Crippen LogP contribution in [0.3, 0.4) is 0 Å². The highest BCUT2D eigenvalue weighted by atomic mass is 19.4. The zero-order valence-corrected chi connectivity index (χ0v) is 12.8. The number of alkyl halides is 9. The smallest absolute Gasteiger partial charge is 0.431 e. The summed E-state index contributed by atoms with van der Waals surface area (Å²) in [5.41, 5.74) is -8.31. The molecule has 0 aromatic carbocycles. The van der Waals surface area contributed by atoms with Gasteiger partial charge in [0.15, 0.2) is 0 Å². The molecule has 0 fully saturated rings. The quantitative estimate of drug-likeness (QED) is 0.447. The lowest BCUT2D eigenvalue weighted by atomic mass is 9.82. The Balaban J connectivity index is 5.41. The monoisotopic (exact) mass is 376 g/mol. The molecule has 0 saturated carbocycles. The Morgan fingerprint density at radius 2 is 1.42 bits per heavy atom. The van der Waals surface area contributed by atoms with Gasteiger partial charge >= 0.3 is 18.3 Å². The Morgan fingerprint density at radius 3 is 1.75 bits per heavy atom. The summed E-state index contributed by atoms with van der Waals surface area (Å²) in [4.78, 5) is 10.6. The maximum atomic E-state index is 13.7. The molecule has 144 valence electrons. The molecule has 11 heteroatoms. The Bertz CT molecular complexity index is 401. The van der Waals surface area contributed by atoms with E-state index < -0.39 is 68.1 Å². The maximum Gasteiger partial charge on any atom is 0.431 e. The predicted molar refractivity (Wildman–Crippen MR) is 65.4 cm³/mol. The maximum absolute atomic E-state index is 13.7. The third kappa shape index (κ3) is 6.39. The molecule has 0 aliphatic carbocycles. The molecular weight excluding hydrogens is 359 g/mol. The number of carbonyl (C=O) groups is 1. The topological polar surface area (TPSA) is 26.3 Å². The SMILES string of the molecule is CC(=O)OCCC(CC(C)(F)CF)CC(F)(C(F)(F)F)C(F)(F)F. The van der Waals surface area contributed by atoms with Gasteiger partial charge in [0.25, 0.3) is 5.67 Å². The lowest BCUT2D eigenvalue weighted by molar-refractivity contribution is -0.346. The number of rotatable bonds is 8. The first kappa shape index (κ1) is 22.8. The third-order valence-electron chi connectivity index (χ3n) is 3.29. The average molecular weight is 376 g/mol. The largest absolute Gasteiger partial charge is 0.466 e. The molecule has 2 atom stereocenters. The highest BCUT2D eigenvalue weighted by molar-refractivity contribution is 5.65. The van der Waals surface area contributed by atoms with Crippen LogP contribution in [0.4, 0.5) is 39.5 Å². The number of esters is 1. The Labute approximate surface area is 132 Å². The first-order chi connectivity index (χ1) is 10.6. The van der Waals surface area contributed by atoms with Crippen LogP contribution in [0.2, 0.25) is 0 Å². The van der Waals surface area contributed by atoms with Crippen molar-refractivity contribution in [3.05, 3.63) is 0 Å². The van der Waals surface area contributed by atoms with Crippen LogP contribution < -0.4 is 0 Å². The second kappa shape index (κ2) is 7.81. The minimum atomic E-state index is -6.28. The Hall–Kier alpha value is -1.16. The van der Waals surface area contributed by atoms with Gasteiger partial charge in [-0.05, 0) is 25.7 Å². The standard InChI is InChI=1S/C13H17F9O2/c1-8(23)24-4-3-9(5-10(2,15)7-14)6-11(16,12(17,18)19)13(20,21)22/h9H,3-7H2,1-2H3. The number of carbonyl (C=O) groups excluding carboxylic acids is 1. The summed E-state index contributed by atoms with van der Waals surface area (Å²) in [5.74, 6) is -2.73. The molecule has 0 spiro atoms. The average Bonchev–Trinajstić information content (AvgIpc) is 2.34. The zero-order chi connectivity index (χ0) is 19.4. The van der Waals surface area contributed by atoms with E-state index in [1.54, 1.807) is 0 Å². The summed E-state index contributed by atoms with van der Waals surface area (Å²) >= 11 is 0. The molecule has 0 aromatic rings. The van der Waals surface area contributed by atoms with Crippen molar-refractivity contribution in [3.63, 3.8) is 0 Å². The molecule has 24 heavy (non-hydrogen) atoms. The van der Waals surface area contributed by atoms with E-state index in [0.29, 0.717) is 6.92 Å². The van der Waals surface area contributed by atoms with Crippen LogP contribution in [0, 0.1) is 5.92 Å². The van der Waals surface area contributed by atoms with Crippen molar-refractivity contribution in [1.82, 2.24) is 0 Å². The third-order valence-corrected chi connectivity index (χ3v) is 3.29. The summed E-state index contributed by atoms with van der Waals surface area (Å²) in [6.07, 6.45) is -16.5. The van der Waals surface area contributed by atoms with Gasteiger partial charge in [0.05, 0.1) is 6.61 Å². The summed E-state index contributed by atoms with van der Waals surface area (Å²) in [5, 5.41) is 0. The Kier molecular flexibility index (Phi) is 7.44. The van der Waals surface area contributed by atoms with Crippen LogP contribution in [0.5, 0.6) is 0 Å². The number of hydrogen-bond donors (Lipinski definition) is 0. The predicted octanol–water partition coefficient (Wildman–Crippen LogP) is 4.87. The van der Waals surface area contributed by atoms with E-state index in [9.17, 15) is 44.3 Å². The van der Waals surface area contributed by atoms with Gasteiger partial charge in [0, 0.05) is 13.3 Å². The van der Waals surface area contributed by atoms with Crippen LogP contribution in [-0.2, 0) is 9.53 Å². The molecule has 2 unspecified atom stereocenters. The first-order valence-electron chi connectivity index (χ1n) is 6.76. The van der Waals surface area contributed by atoms with Crippen LogP contribution in [0.15, 0.2) is 0 Å². The zero-order valence-electron chi connectivity index (χ0n) is 12.8. The molecule has 0 aromatic heterocycles. The summed E-state index contributed by atoms with van der Waals surface area (Å²) in [7, 11) is 0. The fourth-order valence-electron chi connectivity index (χ4n) is 2.09. The summed E-state index contributed by atoms with van der Waals surface area (Å²) < 4.78 is 120. The fourth-order valence-corrected chi connectivity index (χ4v) is 2.09. The lowest BCUT2D eigenvalue weighted by Gasteiger charge is -2.34. The van der Waals surface area contributed by atoms with Crippen LogP contribution in [-0.4, -0.2) is 42.9 Å². The normalized spacial score (nSPS) is 17.3. The number of ether oxygens (including phenoxy) is 1. The molecule has 0 heterocycles. The fraction of sp³-hybridized carbons (Fsp3) is 0.923. The lowest BCUT2D eigenvalue weighted by Crippen LogP contribution is -2.54. The van der Waals surface area contributed by atoms with Crippen molar-refractivity contribution < 1.29 is 49.0 Å². The van der Waals surface area contributed by atoms with Gasteiger partial charge in [-0.15, -0.1) is 0 Å². The molecule has 0 saturated heterocycles. The van der Waals surface area contributed by atoms with Crippen LogP contribution >= 0.6 is 0 Å². The van der Waals surface area contributed by atoms with E-state index in [4.69, 9.17) is 0 Å². The highest BCUT2D eigenvalue weighted by Crippen LogP contribution is 2.51. The molecule has 0 amide bonds. The van der Waals surface area contributed by atoms with Crippen molar-refractivity contribution in [1.29, 1.82) is 0 Å². The van der Waals surface area contributed by atoms with E-state index in [1.807, 2.05) is 0 Å². The van der Waals surface area contributed by atoms with Gasteiger partial charge in [-0.25, -0.2) is 13.2 Å². The molecule has 0 rings (SSSR count). The van der Waals surface area contributed by atoms with Crippen molar-refractivity contribution in [2.45, 2.75) is 56.8 Å². The van der Waals surface area contributed by atoms with E-state index in [2.05, 4.69) is 4.74 Å². The molecule has 0 N–H and O–H groups in total. The second-order valence-electron chi connectivity index (χ2n) is 5.75. The number of halogens is 9. The van der Waals surface area contributed by atoms with E-state index >= 15 is 0 Å². The summed E-state index contributed by atoms with van der Waals surface area (Å²) in [6, 6.07) is 0. The number of hydrogen-bond acceptors (Lipinski definition) is 2. The van der Waals surface area contributed by atoms with Crippen molar-refractivity contribution in [3.8, 4) is 0 Å². The van der Waals surface area contributed by atoms with Crippen LogP contribution in [0.25, 0.3) is 0 Å². The highest BCUT2D eigenvalue weighted by Gasteiger charge is 2.72. The molecule has 0 aliphatic heterocycles. The molecule has 0 aliphatic rings. The van der Waals surface area contributed by atoms with E-state index in [-0.39, 0.29) is 0 Å². The van der Waals surface area contributed by atoms with Crippen LogP contribution in [0.1, 0.15) is 33.1 Å². The second-order valence-corrected chi connectivity index (χ2v) is 5.75. The van der Waals surface area contributed by atoms with Crippen molar-refractivity contribution in [2.24, 2.45) is 5.92 Å². The molecule has 0 radical (unpaired) electrons. The first-order valence-corrected chi connectivity index (χ1v) is 6.76. The molecule has 2 nitrogen and oxygen atoms in total. The Morgan fingerprint density at radius 1 is 0.958 bits per heavy atom. The summed E-state index contributed by atoms with van der Waals surface area (Å²) in [6.45, 7) is -0.754. The van der Waals surface area contributed by atoms with Gasteiger partial charge in [-0.2, -0.15) is 26.3 Å². The van der Waals surface area contributed by atoms with Gasteiger partial charge < -0.3 is 4.74 Å². The van der Waals surface area contributed by atoms with Crippen molar-refractivity contribution >= 4 is 5.97 Å². The minimum Gasteiger partial charge on any atom is -0.466 e. The minimum absolute atomic E-state index is 0.632. The van der Waals surface area contributed by atoms with Crippen molar-refractivity contribution in [2.75, 3.05) is 13.3 Å². The van der Waals surface area contributed by atoms with Gasteiger partial charge in [-0.1, -0.05) is 0 Å². The molecular formula is C13H17F9O2. The van der Waals surface area contributed by atoms with E-state index in [1.165, 1.54) is 0 Å². The van der Waals surface area contributed by atoms with E-state index in [0.717, 1.165) is 6.92 Å². The molecule has 0 bridgehead atoms.